The van der Waals surface area contributed by atoms with E-state index in [4.69, 9.17) is 0 Å². The number of aromatic nitrogens is 1. The van der Waals surface area contributed by atoms with E-state index in [0.717, 1.165) is 32.9 Å². The molecule has 0 radical (unpaired) electrons. The van der Waals surface area contributed by atoms with Crippen LogP contribution in [0.25, 0.3) is 49.7 Å². The number of para-hydroxylation sites is 2. The van der Waals surface area contributed by atoms with Gasteiger partial charge < -0.3 is 4.57 Å². The van der Waals surface area contributed by atoms with Crippen molar-refractivity contribution in [2.75, 3.05) is 0 Å². The van der Waals surface area contributed by atoms with Gasteiger partial charge in [0.05, 0.1) is 27.8 Å². The van der Waals surface area contributed by atoms with Gasteiger partial charge in [-0.05, 0) is 75.3 Å². The lowest BCUT2D eigenvalue weighted by Crippen LogP contribution is -2.01. The van der Waals surface area contributed by atoms with Gasteiger partial charge in [0.25, 0.3) is 0 Å². The molecule has 3 heteroatoms. The van der Waals surface area contributed by atoms with Crippen LogP contribution in [0.5, 0.6) is 0 Å². The summed E-state index contributed by atoms with van der Waals surface area (Å²) < 4.78 is 2.06. The molecule has 0 amide bonds. The van der Waals surface area contributed by atoms with Gasteiger partial charge in [-0.1, -0.05) is 97.1 Å². The van der Waals surface area contributed by atoms with E-state index in [1.165, 1.54) is 27.8 Å². The Kier molecular flexibility index (Phi) is 5.33. The molecule has 1 heterocycles. The zero-order valence-corrected chi connectivity index (χ0v) is 22.6. The van der Waals surface area contributed by atoms with Gasteiger partial charge in [-0.3, -0.25) is 0 Å². The number of hydrogen-bond acceptors (Lipinski definition) is 2. The Balaban J connectivity index is 1.33. The molecule has 194 valence electrons. The van der Waals surface area contributed by atoms with Crippen LogP contribution in [0.3, 0.4) is 0 Å². The molecule has 0 spiro atoms. The maximum Gasteiger partial charge on any atom is 0.101 e. The summed E-state index contributed by atoms with van der Waals surface area (Å²) in [5.41, 5.74) is 12.4. The first-order chi connectivity index (χ1) is 20.8. The van der Waals surface area contributed by atoms with Gasteiger partial charge in [0.2, 0.25) is 0 Å². The van der Waals surface area contributed by atoms with Crippen LogP contribution in [0.15, 0.2) is 133 Å². The normalized spacial score (nSPS) is 13.4. The van der Waals surface area contributed by atoms with Crippen molar-refractivity contribution in [2.24, 2.45) is 0 Å². The van der Waals surface area contributed by atoms with Gasteiger partial charge in [-0.2, -0.15) is 10.5 Å². The molecule has 6 aromatic carbocycles. The minimum Gasteiger partial charge on any atom is -0.307 e. The first-order valence-corrected chi connectivity index (χ1v) is 14.0. The minimum atomic E-state index is 0.224. The van der Waals surface area contributed by atoms with Crippen molar-refractivity contribution in [3.8, 4) is 40.1 Å². The SMILES string of the molecule is N#Cc1cccc(C#N)c1-n1c2ccccc2c2cc(-c3ccc4c(c3)-c3ccccc3C4c3ccccc3)ccc21. The van der Waals surface area contributed by atoms with E-state index in [2.05, 4.69) is 120 Å². The van der Waals surface area contributed by atoms with Crippen molar-refractivity contribution in [2.45, 2.75) is 5.92 Å². The van der Waals surface area contributed by atoms with Gasteiger partial charge >= 0.3 is 0 Å². The van der Waals surface area contributed by atoms with Crippen LogP contribution in [-0.4, -0.2) is 4.57 Å². The van der Waals surface area contributed by atoms with Crippen molar-refractivity contribution in [1.82, 2.24) is 4.57 Å². The molecule has 1 atom stereocenters. The third-order valence-corrected chi connectivity index (χ3v) is 8.57. The highest BCUT2D eigenvalue weighted by Gasteiger charge is 2.30. The largest absolute Gasteiger partial charge is 0.307 e. The van der Waals surface area contributed by atoms with Gasteiger partial charge in [0, 0.05) is 16.7 Å². The predicted octanol–water partition coefficient (Wildman–Crippen LogP) is 9.35. The highest BCUT2D eigenvalue weighted by Crippen LogP contribution is 2.49. The topological polar surface area (TPSA) is 52.5 Å². The van der Waals surface area contributed by atoms with Crippen LogP contribution >= 0.6 is 0 Å². The fourth-order valence-electron chi connectivity index (χ4n) is 6.75. The monoisotopic (exact) mass is 533 g/mol. The molecule has 7 aromatic rings. The first kappa shape index (κ1) is 23.9. The van der Waals surface area contributed by atoms with E-state index in [9.17, 15) is 10.5 Å². The van der Waals surface area contributed by atoms with Crippen molar-refractivity contribution >= 4 is 21.8 Å². The molecule has 1 aliphatic rings. The molecule has 1 aliphatic carbocycles. The molecule has 0 saturated heterocycles. The molecule has 3 nitrogen and oxygen atoms in total. The summed E-state index contributed by atoms with van der Waals surface area (Å²) in [6, 6.07) is 51.0. The lowest BCUT2D eigenvalue weighted by Gasteiger charge is -2.14. The highest BCUT2D eigenvalue weighted by atomic mass is 15.0. The molecule has 0 bridgehead atoms. The molecule has 1 aromatic heterocycles. The lowest BCUT2D eigenvalue weighted by atomic mass is 9.89. The second-order valence-electron chi connectivity index (χ2n) is 10.7. The molecular formula is C39H23N3. The maximum atomic E-state index is 9.94. The van der Waals surface area contributed by atoms with Crippen LogP contribution < -0.4 is 0 Å². The van der Waals surface area contributed by atoms with Crippen LogP contribution in [0, 0.1) is 22.7 Å². The molecule has 0 saturated carbocycles. The van der Waals surface area contributed by atoms with Crippen molar-refractivity contribution in [1.29, 1.82) is 10.5 Å². The van der Waals surface area contributed by atoms with E-state index in [0.29, 0.717) is 16.8 Å². The fourth-order valence-corrected chi connectivity index (χ4v) is 6.75. The lowest BCUT2D eigenvalue weighted by molar-refractivity contribution is 1.02. The molecule has 8 rings (SSSR count). The standard InChI is InChI=1S/C39H23N3/c40-23-28-11-8-12-29(24-41)39(28)42-36-16-7-6-14-31(36)35-22-27(18-20-37(35)42)26-17-19-33-34(21-26)30-13-4-5-15-32(30)38(33)25-9-2-1-3-10-25/h1-22,38H. The molecule has 0 aliphatic heterocycles. The van der Waals surface area contributed by atoms with E-state index >= 15 is 0 Å². The van der Waals surface area contributed by atoms with E-state index in [-0.39, 0.29) is 5.92 Å². The number of fused-ring (bicyclic) bond motifs is 6. The molecule has 0 N–H and O–H groups in total. The third kappa shape index (κ3) is 3.45. The summed E-state index contributed by atoms with van der Waals surface area (Å²) >= 11 is 0. The van der Waals surface area contributed by atoms with Crippen LogP contribution in [0.1, 0.15) is 33.7 Å². The number of benzene rings is 6. The van der Waals surface area contributed by atoms with Gasteiger partial charge in [0.15, 0.2) is 0 Å². The molecule has 0 fully saturated rings. The number of nitrogens with zero attached hydrogens (tertiary/aromatic N) is 3. The number of nitriles is 2. The summed E-state index contributed by atoms with van der Waals surface area (Å²) in [5.74, 6) is 0.224. The quantitative estimate of drug-likeness (QED) is 0.227. The Hall–Kier alpha value is -5.90. The number of hydrogen-bond donors (Lipinski definition) is 0. The van der Waals surface area contributed by atoms with Crippen LogP contribution in [-0.2, 0) is 0 Å². The Bertz CT molecular complexity index is 2240. The van der Waals surface area contributed by atoms with Crippen LogP contribution in [0.2, 0.25) is 0 Å². The molecular weight excluding hydrogens is 510 g/mol. The summed E-state index contributed by atoms with van der Waals surface area (Å²) in [5, 5.41) is 22.0. The minimum absolute atomic E-state index is 0.224. The predicted molar refractivity (Wildman–Crippen MR) is 168 cm³/mol. The number of rotatable bonds is 3. The highest BCUT2D eigenvalue weighted by molar-refractivity contribution is 6.11. The average Bonchev–Trinajstić information content (AvgIpc) is 3.56. The Morgan fingerprint density at radius 1 is 0.500 bits per heavy atom. The summed E-state index contributed by atoms with van der Waals surface area (Å²) in [4.78, 5) is 0. The smallest absolute Gasteiger partial charge is 0.101 e. The summed E-state index contributed by atoms with van der Waals surface area (Å²) in [6.07, 6.45) is 0. The van der Waals surface area contributed by atoms with Gasteiger partial charge in [0.1, 0.15) is 12.1 Å². The van der Waals surface area contributed by atoms with Crippen LogP contribution in [0.4, 0.5) is 0 Å². The molecule has 1 unspecified atom stereocenters. The van der Waals surface area contributed by atoms with Gasteiger partial charge in [-0.15, -0.1) is 0 Å². The zero-order valence-electron chi connectivity index (χ0n) is 22.6. The molecule has 42 heavy (non-hydrogen) atoms. The average molecular weight is 534 g/mol. The maximum absolute atomic E-state index is 9.94. The van der Waals surface area contributed by atoms with E-state index < -0.39 is 0 Å². The second-order valence-corrected chi connectivity index (χ2v) is 10.7. The summed E-state index contributed by atoms with van der Waals surface area (Å²) in [6.45, 7) is 0. The van der Waals surface area contributed by atoms with Crippen molar-refractivity contribution in [3.63, 3.8) is 0 Å². The zero-order chi connectivity index (χ0) is 28.2. The Morgan fingerprint density at radius 3 is 1.95 bits per heavy atom. The Morgan fingerprint density at radius 2 is 1.14 bits per heavy atom. The van der Waals surface area contributed by atoms with Gasteiger partial charge in [-0.25, -0.2) is 0 Å². The van der Waals surface area contributed by atoms with Crippen molar-refractivity contribution in [3.05, 3.63) is 161 Å². The Labute approximate surface area is 243 Å². The third-order valence-electron chi connectivity index (χ3n) is 8.57. The van der Waals surface area contributed by atoms with E-state index in [1.54, 1.807) is 18.2 Å². The fraction of sp³-hybridized carbons (Fsp3) is 0.0256. The summed E-state index contributed by atoms with van der Waals surface area (Å²) in [7, 11) is 0. The first-order valence-electron chi connectivity index (χ1n) is 14.0. The van der Waals surface area contributed by atoms with E-state index in [1.807, 2.05) is 12.1 Å². The second kappa shape index (κ2) is 9.34. The van der Waals surface area contributed by atoms with Crippen molar-refractivity contribution < 1.29 is 0 Å².